The van der Waals surface area contributed by atoms with Gasteiger partial charge < -0.3 is 10.4 Å². The van der Waals surface area contributed by atoms with Crippen molar-refractivity contribution in [2.75, 3.05) is 0 Å². The van der Waals surface area contributed by atoms with Gasteiger partial charge >= 0.3 is 5.97 Å². The minimum Gasteiger partial charge on any atom is -0.481 e. The van der Waals surface area contributed by atoms with Gasteiger partial charge in [0.25, 0.3) is 0 Å². The molecule has 1 aromatic carbocycles. The van der Waals surface area contributed by atoms with Crippen LogP contribution in [-0.4, -0.2) is 17.0 Å². The molecule has 0 aliphatic heterocycles. The molecule has 0 radical (unpaired) electrons. The van der Waals surface area contributed by atoms with E-state index in [-0.39, 0.29) is 18.7 Å². The van der Waals surface area contributed by atoms with E-state index in [1.165, 1.54) is 0 Å². The third-order valence-electron chi connectivity index (χ3n) is 3.41. The van der Waals surface area contributed by atoms with Crippen LogP contribution < -0.4 is 5.32 Å². The van der Waals surface area contributed by atoms with Gasteiger partial charge in [-0.2, -0.15) is 0 Å². The highest BCUT2D eigenvalue weighted by Gasteiger charge is 2.19. The Bertz CT molecular complexity index is 678. The molecule has 2 N–H and O–H groups in total. The fraction of sp³-hybridized carbons (Fsp3) is 0.294. The van der Waals surface area contributed by atoms with Crippen LogP contribution in [0.5, 0.6) is 0 Å². The molecule has 1 amide bonds. The maximum atomic E-state index is 12.2. The molecule has 1 aromatic heterocycles. The number of aryl methyl sites for hydroxylation is 2. The fourth-order valence-electron chi connectivity index (χ4n) is 2.37. The van der Waals surface area contributed by atoms with Crippen LogP contribution in [-0.2, 0) is 16.0 Å². The summed E-state index contributed by atoms with van der Waals surface area (Å²) in [5.41, 5.74) is 1.82. The molecule has 2 rings (SSSR count). The number of aliphatic carboxylic acids is 1. The summed E-state index contributed by atoms with van der Waals surface area (Å²) in [6.07, 6.45) is 0.153. The first kappa shape index (κ1) is 16.2. The van der Waals surface area contributed by atoms with E-state index in [0.717, 1.165) is 20.9 Å². The lowest BCUT2D eigenvalue weighted by atomic mass is 9.98. The third-order valence-corrected chi connectivity index (χ3v) is 4.41. The van der Waals surface area contributed by atoms with Crippen LogP contribution in [0.25, 0.3) is 0 Å². The standard InChI is InChI=1S/C17H19NO3S/c1-11-5-3-4-6-14(11)15(10-17(20)21)18-16(19)9-13-8-7-12(2)22-13/h3-8,15H,9-10H2,1-2H3,(H,18,19)(H,20,21). The van der Waals surface area contributed by atoms with Crippen LogP contribution >= 0.6 is 11.3 Å². The highest BCUT2D eigenvalue weighted by molar-refractivity contribution is 7.12. The number of carboxylic acid groups (broad SMARTS) is 1. The quantitative estimate of drug-likeness (QED) is 0.859. The van der Waals surface area contributed by atoms with E-state index >= 15 is 0 Å². The lowest BCUT2D eigenvalue weighted by molar-refractivity contribution is -0.137. The summed E-state index contributed by atoms with van der Waals surface area (Å²) in [7, 11) is 0. The van der Waals surface area contributed by atoms with Crippen molar-refractivity contribution in [3.8, 4) is 0 Å². The lowest BCUT2D eigenvalue weighted by Crippen LogP contribution is -2.31. The van der Waals surface area contributed by atoms with Crippen molar-refractivity contribution in [3.05, 3.63) is 57.3 Å². The van der Waals surface area contributed by atoms with Crippen LogP contribution in [0, 0.1) is 13.8 Å². The summed E-state index contributed by atoms with van der Waals surface area (Å²) >= 11 is 1.58. The molecular formula is C17H19NO3S. The number of hydrogen-bond donors (Lipinski definition) is 2. The summed E-state index contributed by atoms with van der Waals surface area (Å²) in [6.45, 7) is 3.91. The molecule has 0 aliphatic carbocycles. The molecule has 0 bridgehead atoms. The van der Waals surface area contributed by atoms with Gasteiger partial charge in [0.2, 0.25) is 5.91 Å². The topological polar surface area (TPSA) is 66.4 Å². The molecular weight excluding hydrogens is 298 g/mol. The molecule has 1 unspecified atom stereocenters. The first-order chi connectivity index (χ1) is 10.5. The molecule has 1 atom stereocenters. The Balaban J connectivity index is 2.11. The van der Waals surface area contributed by atoms with E-state index in [9.17, 15) is 9.59 Å². The van der Waals surface area contributed by atoms with Crippen molar-refractivity contribution in [1.29, 1.82) is 0 Å². The number of hydrogen-bond acceptors (Lipinski definition) is 3. The Kier molecular flexibility index (Phi) is 5.33. The number of nitrogens with one attached hydrogen (secondary N) is 1. The number of amides is 1. The van der Waals surface area contributed by atoms with Crippen molar-refractivity contribution in [3.63, 3.8) is 0 Å². The zero-order valence-corrected chi connectivity index (χ0v) is 13.4. The fourth-order valence-corrected chi connectivity index (χ4v) is 3.26. The minimum absolute atomic E-state index is 0.125. The van der Waals surface area contributed by atoms with Gasteiger partial charge in [-0.15, -0.1) is 11.3 Å². The number of carboxylic acids is 1. The van der Waals surface area contributed by atoms with E-state index < -0.39 is 12.0 Å². The zero-order valence-electron chi connectivity index (χ0n) is 12.6. The zero-order chi connectivity index (χ0) is 16.1. The Morgan fingerprint density at radius 3 is 2.50 bits per heavy atom. The molecule has 4 nitrogen and oxygen atoms in total. The van der Waals surface area contributed by atoms with Crippen LogP contribution in [0.1, 0.15) is 33.3 Å². The van der Waals surface area contributed by atoms with E-state index in [2.05, 4.69) is 5.32 Å². The second kappa shape index (κ2) is 7.22. The summed E-state index contributed by atoms with van der Waals surface area (Å²) in [5, 5.41) is 11.9. The van der Waals surface area contributed by atoms with Crippen molar-refractivity contribution >= 4 is 23.2 Å². The number of thiophene rings is 1. The largest absolute Gasteiger partial charge is 0.481 e. The Labute approximate surface area is 133 Å². The lowest BCUT2D eigenvalue weighted by Gasteiger charge is -2.19. The number of carbonyl (C=O) groups is 2. The maximum Gasteiger partial charge on any atom is 0.305 e. The smallest absolute Gasteiger partial charge is 0.305 e. The van der Waals surface area contributed by atoms with Crippen molar-refractivity contribution < 1.29 is 14.7 Å². The molecule has 0 spiro atoms. The molecule has 1 heterocycles. The average Bonchev–Trinajstić information content (AvgIpc) is 2.83. The summed E-state index contributed by atoms with van der Waals surface area (Å²) in [5.74, 6) is -1.09. The van der Waals surface area contributed by atoms with Crippen LogP contribution in [0.4, 0.5) is 0 Å². The third kappa shape index (κ3) is 4.43. The number of rotatable bonds is 6. The van der Waals surface area contributed by atoms with Gasteiger partial charge in [0, 0.05) is 9.75 Å². The average molecular weight is 317 g/mol. The van der Waals surface area contributed by atoms with E-state index in [1.807, 2.05) is 50.2 Å². The summed E-state index contributed by atoms with van der Waals surface area (Å²) in [6, 6.07) is 10.9. The van der Waals surface area contributed by atoms with E-state index in [4.69, 9.17) is 5.11 Å². The van der Waals surface area contributed by atoms with Crippen molar-refractivity contribution in [2.45, 2.75) is 32.7 Å². The molecule has 0 saturated heterocycles. The predicted octanol–water partition coefficient (Wildman–Crippen LogP) is 3.24. The van der Waals surface area contributed by atoms with Gasteiger partial charge in [-0.05, 0) is 37.1 Å². The number of benzene rings is 1. The second-order valence-corrected chi connectivity index (χ2v) is 6.64. The molecule has 2 aromatic rings. The summed E-state index contributed by atoms with van der Waals surface area (Å²) < 4.78 is 0. The van der Waals surface area contributed by atoms with Gasteiger partial charge in [0.15, 0.2) is 0 Å². The normalized spacial score (nSPS) is 11.9. The predicted molar refractivity (Wildman–Crippen MR) is 87.1 cm³/mol. The highest BCUT2D eigenvalue weighted by Crippen LogP contribution is 2.21. The van der Waals surface area contributed by atoms with Crippen LogP contribution in [0.3, 0.4) is 0 Å². The van der Waals surface area contributed by atoms with Gasteiger partial charge in [-0.1, -0.05) is 24.3 Å². The maximum absolute atomic E-state index is 12.2. The first-order valence-corrected chi connectivity index (χ1v) is 7.89. The molecule has 5 heteroatoms. The van der Waals surface area contributed by atoms with Gasteiger partial charge in [-0.25, -0.2) is 0 Å². The van der Waals surface area contributed by atoms with Crippen molar-refractivity contribution in [2.24, 2.45) is 0 Å². The monoisotopic (exact) mass is 317 g/mol. The SMILES string of the molecule is Cc1ccc(CC(=O)NC(CC(=O)O)c2ccccc2C)s1. The van der Waals surface area contributed by atoms with Gasteiger partial charge in [0.1, 0.15) is 0 Å². The van der Waals surface area contributed by atoms with Gasteiger partial charge in [0.05, 0.1) is 18.9 Å². The van der Waals surface area contributed by atoms with E-state index in [0.29, 0.717) is 0 Å². The molecule has 0 aliphatic rings. The Morgan fingerprint density at radius 1 is 1.18 bits per heavy atom. The Morgan fingerprint density at radius 2 is 1.91 bits per heavy atom. The minimum atomic E-state index is -0.930. The molecule has 116 valence electrons. The Hall–Kier alpha value is -2.14. The van der Waals surface area contributed by atoms with Crippen molar-refractivity contribution in [1.82, 2.24) is 5.32 Å². The molecule has 22 heavy (non-hydrogen) atoms. The van der Waals surface area contributed by atoms with Crippen LogP contribution in [0.15, 0.2) is 36.4 Å². The molecule has 0 saturated carbocycles. The number of carbonyl (C=O) groups excluding carboxylic acids is 1. The van der Waals surface area contributed by atoms with Crippen LogP contribution in [0.2, 0.25) is 0 Å². The summed E-state index contributed by atoms with van der Waals surface area (Å²) in [4.78, 5) is 25.4. The highest BCUT2D eigenvalue weighted by atomic mass is 32.1. The van der Waals surface area contributed by atoms with Gasteiger partial charge in [-0.3, -0.25) is 9.59 Å². The first-order valence-electron chi connectivity index (χ1n) is 7.07. The van der Waals surface area contributed by atoms with E-state index in [1.54, 1.807) is 11.3 Å². The second-order valence-electron chi connectivity index (χ2n) is 5.26. The molecule has 0 fully saturated rings.